The van der Waals surface area contributed by atoms with Crippen LogP contribution in [-0.2, 0) is 0 Å². The smallest absolute Gasteiger partial charge is 0.0334 e. The fourth-order valence-electron chi connectivity index (χ4n) is 0.984. The van der Waals surface area contributed by atoms with Gasteiger partial charge >= 0.3 is 0 Å². The summed E-state index contributed by atoms with van der Waals surface area (Å²) in [5.41, 5.74) is 0. The largest absolute Gasteiger partial charge is 0.758 e. The molecule has 0 fully saturated rings. The molecule has 2 heterocycles. The maximum Gasteiger partial charge on any atom is 0.0334 e. The van der Waals surface area contributed by atoms with Crippen LogP contribution in [0.1, 0.15) is 0 Å². The summed E-state index contributed by atoms with van der Waals surface area (Å²) in [7, 11) is 0. The number of hydrogen-bond donors (Lipinski definition) is 0. The van der Waals surface area contributed by atoms with Crippen LogP contribution in [0.25, 0.3) is 12.3 Å². The lowest BCUT2D eigenvalue weighted by molar-refractivity contribution is 0.629. The summed E-state index contributed by atoms with van der Waals surface area (Å²) in [6.45, 7) is 0.494. The highest BCUT2D eigenvalue weighted by molar-refractivity contribution is 7.07. The third-order valence-corrected chi connectivity index (χ3v) is 2.40. The van der Waals surface area contributed by atoms with E-state index in [1.165, 1.54) is 4.53 Å². The van der Waals surface area contributed by atoms with E-state index in [-0.39, 0.29) is 0 Å². The molecule has 52 valence electrons. The molecule has 1 aromatic heterocycles. The van der Waals surface area contributed by atoms with Crippen molar-refractivity contribution >= 4 is 23.6 Å². The standard InChI is InChI=1S/C7H6NOS/c9-8-3-1-7-6(5-8)2-4-10-7/h1-2,4-5H,3H2/q-1. The van der Waals surface area contributed by atoms with Crippen molar-refractivity contribution in [2.45, 2.75) is 0 Å². The monoisotopic (exact) mass is 152 g/mol. The van der Waals surface area contributed by atoms with Gasteiger partial charge in [0.15, 0.2) is 0 Å². The SMILES string of the molecule is [O-]N1C=c2ccsc2=CC1. The number of nitrogens with zero attached hydrogens (tertiary/aromatic N) is 1. The van der Waals surface area contributed by atoms with Crippen LogP contribution >= 0.6 is 11.3 Å². The minimum atomic E-state index is 0.494. The molecule has 0 bridgehead atoms. The molecule has 0 unspecified atom stereocenters. The average molecular weight is 152 g/mol. The Morgan fingerprint density at radius 3 is 3.40 bits per heavy atom. The van der Waals surface area contributed by atoms with E-state index >= 15 is 0 Å². The van der Waals surface area contributed by atoms with E-state index in [4.69, 9.17) is 0 Å². The van der Waals surface area contributed by atoms with Gasteiger partial charge in [0.25, 0.3) is 0 Å². The van der Waals surface area contributed by atoms with Crippen LogP contribution in [0, 0.1) is 5.21 Å². The maximum absolute atomic E-state index is 10.8. The minimum absolute atomic E-state index is 0.494. The molecular formula is C7H6NOS-. The fraction of sp³-hybridized carbons (Fsp3) is 0.143. The first-order chi connectivity index (χ1) is 4.86. The number of hydrogen-bond acceptors (Lipinski definition) is 3. The summed E-state index contributed by atoms with van der Waals surface area (Å²) in [6.07, 6.45) is 3.58. The van der Waals surface area contributed by atoms with Crippen LogP contribution < -0.4 is 9.75 Å². The molecule has 0 aromatic carbocycles. The van der Waals surface area contributed by atoms with Crippen LogP contribution in [-0.4, -0.2) is 11.6 Å². The van der Waals surface area contributed by atoms with Crippen molar-refractivity contribution < 1.29 is 0 Å². The molecule has 10 heavy (non-hydrogen) atoms. The van der Waals surface area contributed by atoms with Gasteiger partial charge < -0.3 is 10.3 Å². The summed E-state index contributed by atoms with van der Waals surface area (Å²) in [5, 5.41) is 14.7. The zero-order valence-electron chi connectivity index (χ0n) is 5.28. The topological polar surface area (TPSA) is 26.3 Å². The van der Waals surface area contributed by atoms with Gasteiger partial charge in [-0.15, -0.1) is 11.3 Å². The van der Waals surface area contributed by atoms with Gasteiger partial charge in [0.05, 0.1) is 0 Å². The lowest BCUT2D eigenvalue weighted by Crippen LogP contribution is -2.28. The molecule has 0 atom stereocenters. The predicted octanol–water partition coefficient (Wildman–Crippen LogP) is 0.0800. The number of hydroxylamine groups is 2. The second kappa shape index (κ2) is 2.11. The lowest BCUT2D eigenvalue weighted by Gasteiger charge is -2.25. The number of fused-ring (bicyclic) bond motifs is 1. The van der Waals surface area contributed by atoms with Gasteiger partial charge in [-0.25, -0.2) is 0 Å². The molecule has 1 aliphatic rings. The second-order valence-corrected chi connectivity index (χ2v) is 3.12. The van der Waals surface area contributed by atoms with E-state index < -0.39 is 0 Å². The van der Waals surface area contributed by atoms with Gasteiger partial charge in [-0.2, -0.15) is 0 Å². The summed E-state index contributed by atoms with van der Waals surface area (Å²) in [4.78, 5) is 0. The minimum Gasteiger partial charge on any atom is -0.758 e. The van der Waals surface area contributed by atoms with E-state index in [2.05, 4.69) is 0 Å². The highest BCUT2D eigenvalue weighted by Crippen LogP contribution is 1.91. The third kappa shape index (κ3) is 0.836. The molecule has 3 heteroatoms. The van der Waals surface area contributed by atoms with Crippen LogP contribution in [0.15, 0.2) is 11.4 Å². The zero-order valence-corrected chi connectivity index (χ0v) is 6.10. The van der Waals surface area contributed by atoms with Crippen LogP contribution in [0.5, 0.6) is 0 Å². The maximum atomic E-state index is 10.8. The van der Waals surface area contributed by atoms with Crippen molar-refractivity contribution in [1.82, 2.24) is 5.06 Å². The highest BCUT2D eigenvalue weighted by atomic mass is 32.1. The van der Waals surface area contributed by atoms with Crippen molar-refractivity contribution in [1.29, 1.82) is 0 Å². The molecule has 0 spiro atoms. The first kappa shape index (κ1) is 5.95. The summed E-state index contributed by atoms with van der Waals surface area (Å²) >= 11 is 1.68. The first-order valence-electron chi connectivity index (χ1n) is 3.05. The Hall–Kier alpha value is -0.800. The Balaban J connectivity index is 2.73. The molecule has 2 rings (SSSR count). The molecule has 0 amide bonds. The summed E-state index contributed by atoms with van der Waals surface area (Å²) < 4.78 is 1.21. The van der Waals surface area contributed by atoms with Crippen molar-refractivity contribution in [2.24, 2.45) is 0 Å². The van der Waals surface area contributed by atoms with E-state index in [1.54, 1.807) is 17.5 Å². The van der Waals surface area contributed by atoms with Gasteiger partial charge in [0.1, 0.15) is 0 Å². The Bertz CT molecular complexity index is 341. The molecule has 1 aliphatic heterocycles. The fourth-order valence-corrected chi connectivity index (χ4v) is 1.77. The summed E-state index contributed by atoms with van der Waals surface area (Å²) in [6, 6.07) is 1.96. The van der Waals surface area contributed by atoms with Gasteiger partial charge in [0.2, 0.25) is 0 Å². The average Bonchev–Trinajstić information content (AvgIpc) is 2.33. The Morgan fingerprint density at radius 2 is 2.50 bits per heavy atom. The Morgan fingerprint density at radius 1 is 1.60 bits per heavy atom. The normalized spacial score (nSPS) is 15.5. The predicted molar refractivity (Wildman–Crippen MR) is 42.6 cm³/mol. The highest BCUT2D eigenvalue weighted by Gasteiger charge is 1.92. The number of rotatable bonds is 0. The van der Waals surface area contributed by atoms with Crippen molar-refractivity contribution in [3.63, 3.8) is 0 Å². The number of thiophene rings is 1. The van der Waals surface area contributed by atoms with Crippen molar-refractivity contribution in [2.75, 3.05) is 6.54 Å². The van der Waals surface area contributed by atoms with E-state index in [0.29, 0.717) is 6.54 Å². The van der Waals surface area contributed by atoms with Crippen LogP contribution in [0.3, 0.4) is 0 Å². The molecular weight excluding hydrogens is 146 g/mol. The zero-order chi connectivity index (χ0) is 6.97. The molecule has 0 radical (unpaired) electrons. The van der Waals surface area contributed by atoms with Crippen LogP contribution in [0.4, 0.5) is 0 Å². The molecule has 1 aromatic rings. The molecule has 0 aliphatic carbocycles. The van der Waals surface area contributed by atoms with Gasteiger partial charge in [-0.05, 0) is 23.7 Å². The molecule has 0 saturated carbocycles. The quantitative estimate of drug-likeness (QED) is 0.526. The summed E-state index contributed by atoms with van der Waals surface area (Å²) in [5.74, 6) is 0. The second-order valence-electron chi connectivity index (χ2n) is 2.17. The van der Waals surface area contributed by atoms with E-state index in [1.807, 2.05) is 17.5 Å². The van der Waals surface area contributed by atoms with Crippen molar-refractivity contribution in [3.05, 3.63) is 26.4 Å². The lowest BCUT2D eigenvalue weighted by atomic mass is 10.3. The van der Waals surface area contributed by atoms with Gasteiger partial charge in [-0.1, -0.05) is 0 Å². The molecule has 0 N–H and O–H groups in total. The van der Waals surface area contributed by atoms with E-state index in [9.17, 15) is 5.21 Å². The van der Waals surface area contributed by atoms with Crippen LogP contribution in [0.2, 0.25) is 0 Å². The van der Waals surface area contributed by atoms with E-state index in [0.717, 1.165) is 10.3 Å². The Labute approximate surface area is 62.3 Å². The van der Waals surface area contributed by atoms with Crippen molar-refractivity contribution in [3.8, 4) is 0 Å². The molecule has 2 nitrogen and oxygen atoms in total. The third-order valence-electron chi connectivity index (χ3n) is 1.47. The first-order valence-corrected chi connectivity index (χ1v) is 3.93. The van der Waals surface area contributed by atoms with Gasteiger partial charge in [0, 0.05) is 16.3 Å². The Kier molecular flexibility index (Phi) is 1.25. The molecule has 0 saturated heterocycles. The van der Waals surface area contributed by atoms with Gasteiger partial charge in [-0.3, -0.25) is 0 Å².